The van der Waals surface area contributed by atoms with Gasteiger partial charge in [-0.25, -0.2) is 14.8 Å². The number of amides is 1. The molecule has 1 saturated carbocycles. The molecule has 12 heteroatoms. The van der Waals surface area contributed by atoms with Crippen molar-refractivity contribution in [3.63, 3.8) is 0 Å². The molecule has 3 aromatic rings. The topological polar surface area (TPSA) is 131 Å². The van der Waals surface area contributed by atoms with Crippen LogP contribution in [0.5, 0.6) is 5.75 Å². The van der Waals surface area contributed by atoms with Crippen molar-refractivity contribution in [3.05, 3.63) is 41.6 Å². The van der Waals surface area contributed by atoms with Crippen LogP contribution < -0.4 is 20.7 Å². The maximum atomic E-state index is 11.6. The van der Waals surface area contributed by atoms with E-state index >= 15 is 0 Å². The van der Waals surface area contributed by atoms with E-state index in [0.717, 1.165) is 75.7 Å². The molecule has 3 fully saturated rings. The Bertz CT molecular complexity index is 1500. The van der Waals surface area contributed by atoms with Crippen molar-refractivity contribution in [2.24, 2.45) is 17.6 Å². The number of nitrogens with zero attached hydrogens (tertiary/aromatic N) is 4. The number of aromatic amines is 1. The van der Waals surface area contributed by atoms with Crippen molar-refractivity contribution < 1.29 is 19.0 Å². The summed E-state index contributed by atoms with van der Waals surface area (Å²) >= 11 is 6.65. The number of piperidine rings is 1. The van der Waals surface area contributed by atoms with E-state index in [1.165, 1.54) is 0 Å². The summed E-state index contributed by atoms with van der Waals surface area (Å²) in [4.78, 5) is 29.4. The molecule has 11 nitrogen and oxygen atoms in total. The summed E-state index contributed by atoms with van der Waals surface area (Å²) in [5.41, 5.74) is 9.21. The number of aromatic nitrogens is 3. The van der Waals surface area contributed by atoms with Crippen LogP contribution in [-0.4, -0.2) is 90.6 Å². The van der Waals surface area contributed by atoms with Crippen LogP contribution in [0.1, 0.15) is 19.3 Å². The molecule has 42 heavy (non-hydrogen) atoms. The monoisotopic (exact) mass is 593 g/mol. The van der Waals surface area contributed by atoms with Crippen molar-refractivity contribution in [3.8, 4) is 17.1 Å². The summed E-state index contributed by atoms with van der Waals surface area (Å²) in [5.74, 6) is 1.69. The molecule has 222 valence electrons. The summed E-state index contributed by atoms with van der Waals surface area (Å²) in [7, 11) is 1.68. The number of benzene rings is 1. The van der Waals surface area contributed by atoms with E-state index in [0.29, 0.717) is 33.7 Å². The van der Waals surface area contributed by atoms with Crippen molar-refractivity contribution in [1.29, 1.82) is 0 Å². The van der Waals surface area contributed by atoms with E-state index in [9.17, 15) is 4.79 Å². The molecule has 7 rings (SSSR count). The number of morpholine rings is 1. The number of carbonyl (C=O) groups excluding carboxylic acids is 1. The molecule has 2 aliphatic carbocycles. The van der Waals surface area contributed by atoms with Gasteiger partial charge in [0.05, 0.1) is 48.8 Å². The lowest BCUT2D eigenvalue weighted by atomic mass is 9.98. The molecule has 2 aliphatic heterocycles. The third-order valence-corrected chi connectivity index (χ3v) is 9.54. The van der Waals surface area contributed by atoms with Crippen LogP contribution >= 0.6 is 11.6 Å². The van der Waals surface area contributed by atoms with Crippen molar-refractivity contribution in [2.45, 2.75) is 37.5 Å². The molecule has 2 aromatic heterocycles. The van der Waals surface area contributed by atoms with Gasteiger partial charge in [0.15, 0.2) is 5.65 Å². The first kappa shape index (κ1) is 27.3. The number of methoxy groups -OCH3 is 1. The van der Waals surface area contributed by atoms with Gasteiger partial charge in [-0.3, -0.25) is 4.90 Å². The maximum absolute atomic E-state index is 11.6. The minimum absolute atomic E-state index is 0.124. The van der Waals surface area contributed by atoms with Gasteiger partial charge in [-0.1, -0.05) is 23.8 Å². The van der Waals surface area contributed by atoms with Crippen molar-refractivity contribution in [2.75, 3.05) is 56.7 Å². The second-order valence-corrected chi connectivity index (χ2v) is 11.9. The average molecular weight is 594 g/mol. The van der Waals surface area contributed by atoms with Gasteiger partial charge in [0, 0.05) is 55.8 Å². The number of nitrogens with two attached hydrogens (primary N) is 1. The van der Waals surface area contributed by atoms with Crippen LogP contribution in [0, 0.1) is 11.8 Å². The summed E-state index contributed by atoms with van der Waals surface area (Å²) in [5, 5.41) is 3.96. The number of hydrogen-bond donors (Lipinski definition) is 3. The van der Waals surface area contributed by atoms with Gasteiger partial charge in [0.1, 0.15) is 23.2 Å². The Kier molecular flexibility index (Phi) is 7.33. The molecule has 0 radical (unpaired) electrons. The number of pyridine rings is 1. The highest BCUT2D eigenvalue weighted by atomic mass is 35.5. The Morgan fingerprint density at radius 3 is 2.71 bits per heavy atom. The number of halogens is 1. The number of imidazole rings is 1. The van der Waals surface area contributed by atoms with E-state index in [2.05, 4.69) is 49.4 Å². The summed E-state index contributed by atoms with van der Waals surface area (Å²) < 4.78 is 16.9. The van der Waals surface area contributed by atoms with Gasteiger partial charge < -0.3 is 35.1 Å². The second-order valence-electron chi connectivity index (χ2n) is 11.5. The zero-order valence-electron chi connectivity index (χ0n) is 23.6. The van der Waals surface area contributed by atoms with Crippen molar-refractivity contribution in [1.82, 2.24) is 19.9 Å². The zero-order valence-corrected chi connectivity index (χ0v) is 24.3. The number of anilines is 2. The molecule has 4 aliphatic rings. The lowest BCUT2D eigenvalue weighted by Crippen LogP contribution is -2.49. The number of ether oxygens (including phenoxy) is 3. The van der Waals surface area contributed by atoms with Crippen LogP contribution in [0.4, 0.5) is 16.2 Å². The van der Waals surface area contributed by atoms with Crippen LogP contribution in [0.25, 0.3) is 22.6 Å². The first-order valence-corrected chi connectivity index (χ1v) is 15.1. The minimum Gasteiger partial charge on any atom is -0.496 e. The predicted octanol–water partition coefficient (Wildman–Crippen LogP) is 4.04. The first-order chi connectivity index (χ1) is 20.5. The number of nitrogens with one attached hydrogen (secondary N) is 2. The first-order valence-electron chi connectivity index (χ1n) is 14.7. The fourth-order valence-corrected chi connectivity index (χ4v) is 7.32. The van der Waals surface area contributed by atoms with E-state index in [-0.39, 0.29) is 24.0 Å². The molecule has 4 N–H and O–H groups in total. The number of carbonyl (C=O) groups is 1. The van der Waals surface area contributed by atoms with E-state index in [4.69, 9.17) is 36.5 Å². The highest BCUT2D eigenvalue weighted by Crippen LogP contribution is 2.44. The SMILES string of the molecule is COc1cc(N2CCC(N3CCOCC3)CC2)ccc1-c1nc2c(N[C@H]3[C@@H](OC(N)=O)[C@@H]4C=C[C@H]3C4)c(Cl)cnc2[nH]1. The standard InChI is InChI=1S/C30H36ClN7O4/c1-40-23-15-20(37-8-6-19(7-9-37)38-10-12-41-13-11-38)4-5-21(23)28-35-26-25(22(31)16-33-29(26)36-28)34-24-17-2-3-18(14-17)27(24)42-30(32)39/h2-5,15-19,24,27H,6-14H2,1H3,(H2,32,39)(H2,33,34,35,36)/t17-,18+,24+,27-/m0/s1. The fraction of sp³-hybridized carbons (Fsp3) is 0.500. The minimum atomic E-state index is -0.780. The van der Waals surface area contributed by atoms with E-state index < -0.39 is 6.09 Å². The van der Waals surface area contributed by atoms with Gasteiger partial charge in [0.2, 0.25) is 0 Å². The lowest BCUT2D eigenvalue weighted by molar-refractivity contribution is 0.0115. The maximum Gasteiger partial charge on any atom is 0.404 e. The number of hydrogen-bond acceptors (Lipinski definition) is 9. The largest absolute Gasteiger partial charge is 0.496 e. The zero-order chi connectivity index (χ0) is 28.8. The van der Waals surface area contributed by atoms with Gasteiger partial charge >= 0.3 is 6.09 Å². The summed E-state index contributed by atoms with van der Waals surface area (Å²) in [6.45, 7) is 5.74. The molecule has 2 bridgehead atoms. The van der Waals surface area contributed by atoms with Gasteiger partial charge in [-0.05, 0) is 31.4 Å². The van der Waals surface area contributed by atoms with Crippen LogP contribution in [-0.2, 0) is 9.47 Å². The molecule has 1 aromatic carbocycles. The van der Waals surface area contributed by atoms with Crippen LogP contribution in [0.3, 0.4) is 0 Å². The highest BCUT2D eigenvalue weighted by molar-refractivity contribution is 6.34. The molecule has 0 unspecified atom stereocenters. The average Bonchev–Trinajstić information content (AvgIpc) is 3.75. The number of rotatable bonds is 7. The molecule has 0 spiro atoms. The van der Waals surface area contributed by atoms with Crippen LogP contribution in [0.15, 0.2) is 36.5 Å². The third-order valence-electron chi connectivity index (χ3n) is 9.25. The molecular weight excluding hydrogens is 558 g/mol. The van der Waals surface area contributed by atoms with E-state index in [1.807, 2.05) is 6.07 Å². The normalized spacial score (nSPS) is 26.2. The Labute approximate surface area is 249 Å². The summed E-state index contributed by atoms with van der Waals surface area (Å²) in [6.07, 6.45) is 7.86. The second kappa shape index (κ2) is 11.3. The fourth-order valence-electron chi connectivity index (χ4n) is 7.13. The number of fused-ring (bicyclic) bond motifs is 3. The Morgan fingerprint density at radius 1 is 1.17 bits per heavy atom. The molecule has 1 amide bonds. The Hall–Kier alpha value is -3.54. The quantitative estimate of drug-likeness (QED) is 0.347. The molecule has 2 saturated heterocycles. The smallest absolute Gasteiger partial charge is 0.404 e. The number of H-pyrrole nitrogens is 1. The lowest BCUT2D eigenvalue weighted by Gasteiger charge is -2.40. The number of primary amides is 1. The Balaban J connectivity index is 1.12. The van der Waals surface area contributed by atoms with Gasteiger partial charge in [0.25, 0.3) is 0 Å². The molecule has 4 heterocycles. The molecule has 4 atom stereocenters. The molecular formula is C30H36ClN7O4. The van der Waals surface area contributed by atoms with Gasteiger partial charge in [-0.2, -0.15) is 0 Å². The van der Waals surface area contributed by atoms with Crippen molar-refractivity contribution >= 4 is 40.2 Å². The third kappa shape index (κ3) is 5.03. The predicted molar refractivity (Wildman–Crippen MR) is 161 cm³/mol. The highest BCUT2D eigenvalue weighted by Gasteiger charge is 2.47. The Morgan fingerprint density at radius 2 is 1.95 bits per heavy atom. The van der Waals surface area contributed by atoms with Gasteiger partial charge in [-0.15, -0.1) is 0 Å². The summed E-state index contributed by atoms with van der Waals surface area (Å²) in [6, 6.07) is 6.72. The van der Waals surface area contributed by atoms with E-state index in [1.54, 1.807) is 13.3 Å². The van der Waals surface area contributed by atoms with Crippen LogP contribution in [0.2, 0.25) is 5.02 Å².